The number of anilines is 1. The van der Waals surface area contributed by atoms with Crippen molar-refractivity contribution in [2.45, 2.75) is 32.6 Å². The van der Waals surface area contributed by atoms with Gasteiger partial charge in [-0.1, -0.05) is 6.08 Å². The lowest BCUT2D eigenvalue weighted by molar-refractivity contribution is -0.114. The van der Waals surface area contributed by atoms with E-state index in [2.05, 4.69) is 17.2 Å². The third-order valence-corrected chi connectivity index (χ3v) is 4.38. The summed E-state index contributed by atoms with van der Waals surface area (Å²) < 4.78 is 0. The molecule has 1 aliphatic carbocycles. The molecule has 1 aliphatic rings. The van der Waals surface area contributed by atoms with Crippen LogP contribution in [-0.2, 0) is 17.6 Å². The number of amides is 2. The third-order valence-electron chi connectivity index (χ3n) is 3.09. The van der Waals surface area contributed by atoms with Gasteiger partial charge < -0.3 is 10.6 Å². The fourth-order valence-corrected chi connectivity index (χ4v) is 3.54. The van der Waals surface area contributed by atoms with Gasteiger partial charge in [0.25, 0.3) is 5.91 Å². The van der Waals surface area contributed by atoms with E-state index in [1.54, 1.807) is 6.08 Å². The Morgan fingerprint density at radius 2 is 2.11 bits per heavy atom. The Morgan fingerprint density at radius 1 is 1.37 bits per heavy atom. The number of hydrogen-bond acceptors (Lipinski definition) is 3. The van der Waals surface area contributed by atoms with Crippen LogP contribution >= 0.6 is 11.3 Å². The molecule has 2 rings (SSSR count). The van der Waals surface area contributed by atoms with Crippen LogP contribution in [0.4, 0.5) is 5.69 Å². The molecule has 0 radical (unpaired) electrons. The maximum Gasteiger partial charge on any atom is 0.263 e. The fraction of sp³-hybridized carbons (Fsp3) is 0.429. The van der Waals surface area contributed by atoms with Gasteiger partial charge in [-0.2, -0.15) is 0 Å². The molecule has 0 spiro atoms. The second kappa shape index (κ2) is 6.02. The van der Waals surface area contributed by atoms with E-state index in [0.29, 0.717) is 17.1 Å². The first-order chi connectivity index (χ1) is 9.13. The smallest absolute Gasteiger partial charge is 0.263 e. The summed E-state index contributed by atoms with van der Waals surface area (Å²) in [4.78, 5) is 25.3. The molecule has 0 aromatic carbocycles. The zero-order chi connectivity index (χ0) is 13.8. The molecule has 102 valence electrons. The summed E-state index contributed by atoms with van der Waals surface area (Å²) in [5.41, 5.74) is 1.86. The summed E-state index contributed by atoms with van der Waals surface area (Å²) in [6.45, 7) is 5.48. The van der Waals surface area contributed by atoms with Crippen LogP contribution in [0.1, 0.15) is 39.9 Å². The predicted molar refractivity (Wildman–Crippen MR) is 77.8 cm³/mol. The molecule has 0 saturated carbocycles. The molecule has 4 nitrogen and oxygen atoms in total. The van der Waals surface area contributed by atoms with E-state index in [1.165, 1.54) is 23.1 Å². The summed E-state index contributed by atoms with van der Waals surface area (Å²) in [5.74, 6) is -0.271. The maximum atomic E-state index is 12.1. The molecular formula is C14H18N2O2S. The summed E-state index contributed by atoms with van der Waals surface area (Å²) in [5, 5.41) is 5.60. The highest BCUT2D eigenvalue weighted by Gasteiger charge is 2.24. The molecule has 1 aromatic rings. The molecule has 0 unspecified atom stereocenters. The van der Waals surface area contributed by atoms with Gasteiger partial charge in [-0.3, -0.25) is 9.59 Å². The Hall–Kier alpha value is -1.62. The third kappa shape index (κ3) is 3.04. The molecular weight excluding hydrogens is 260 g/mol. The van der Waals surface area contributed by atoms with Gasteiger partial charge in [0, 0.05) is 18.3 Å². The van der Waals surface area contributed by atoms with E-state index in [-0.39, 0.29) is 11.8 Å². The van der Waals surface area contributed by atoms with Gasteiger partial charge in [0.05, 0.1) is 5.69 Å². The highest BCUT2D eigenvalue weighted by Crippen LogP contribution is 2.38. The molecule has 0 saturated heterocycles. The van der Waals surface area contributed by atoms with E-state index in [0.717, 1.165) is 31.2 Å². The molecule has 2 amide bonds. The first-order valence-electron chi connectivity index (χ1n) is 6.44. The Kier molecular flexibility index (Phi) is 4.37. The lowest BCUT2D eigenvalue weighted by Crippen LogP contribution is -2.23. The van der Waals surface area contributed by atoms with E-state index in [1.807, 2.05) is 0 Å². The summed E-state index contributed by atoms with van der Waals surface area (Å²) in [6.07, 6.45) is 5.85. The average Bonchev–Trinajstić information content (AvgIpc) is 2.74. The van der Waals surface area contributed by atoms with Crippen molar-refractivity contribution < 1.29 is 9.59 Å². The molecule has 2 N–H and O–H groups in total. The van der Waals surface area contributed by atoms with Gasteiger partial charge in [0.15, 0.2) is 0 Å². The minimum Gasteiger partial charge on any atom is -0.348 e. The van der Waals surface area contributed by atoms with Crippen molar-refractivity contribution >= 4 is 28.8 Å². The number of carbonyl (C=O) groups excluding carboxylic acids is 2. The first-order valence-corrected chi connectivity index (χ1v) is 7.26. The van der Waals surface area contributed by atoms with Gasteiger partial charge in [-0.15, -0.1) is 17.9 Å². The van der Waals surface area contributed by atoms with Crippen molar-refractivity contribution in [3.05, 3.63) is 28.0 Å². The molecule has 5 heteroatoms. The van der Waals surface area contributed by atoms with E-state index in [4.69, 9.17) is 0 Å². The van der Waals surface area contributed by atoms with Crippen LogP contribution in [0.2, 0.25) is 0 Å². The first kappa shape index (κ1) is 13.8. The molecule has 0 atom stereocenters. The van der Waals surface area contributed by atoms with Crippen molar-refractivity contribution in [2.75, 3.05) is 11.9 Å². The number of thiophene rings is 1. The van der Waals surface area contributed by atoms with Gasteiger partial charge in [-0.25, -0.2) is 0 Å². The van der Waals surface area contributed by atoms with Crippen LogP contribution in [0, 0.1) is 0 Å². The molecule has 1 heterocycles. The SMILES string of the molecule is C=CCNC(=O)c1sc2c(c1NC(C)=O)CCCC2. The fourth-order valence-electron chi connectivity index (χ4n) is 2.28. The second-order valence-corrected chi connectivity index (χ2v) is 5.70. The number of carbonyl (C=O) groups is 2. The van der Waals surface area contributed by atoms with Crippen molar-refractivity contribution in [2.24, 2.45) is 0 Å². The lowest BCUT2D eigenvalue weighted by Gasteiger charge is -2.13. The molecule has 19 heavy (non-hydrogen) atoms. The Morgan fingerprint density at radius 3 is 2.79 bits per heavy atom. The topological polar surface area (TPSA) is 58.2 Å². The van der Waals surface area contributed by atoms with Gasteiger partial charge in [0.1, 0.15) is 4.88 Å². The van der Waals surface area contributed by atoms with Crippen molar-refractivity contribution in [3.63, 3.8) is 0 Å². The Balaban J connectivity index is 2.35. The van der Waals surface area contributed by atoms with Crippen LogP contribution in [0.5, 0.6) is 0 Å². The van der Waals surface area contributed by atoms with Gasteiger partial charge >= 0.3 is 0 Å². The van der Waals surface area contributed by atoms with Gasteiger partial charge in [0.2, 0.25) is 5.91 Å². The Bertz CT molecular complexity index is 520. The molecule has 0 aliphatic heterocycles. The van der Waals surface area contributed by atoms with E-state index < -0.39 is 0 Å². The number of hydrogen-bond donors (Lipinski definition) is 2. The predicted octanol–water partition coefficient (Wildman–Crippen LogP) is 2.50. The normalized spacial score (nSPS) is 13.5. The summed E-state index contributed by atoms with van der Waals surface area (Å²) in [7, 11) is 0. The number of rotatable bonds is 4. The zero-order valence-electron chi connectivity index (χ0n) is 11.0. The number of nitrogens with one attached hydrogen (secondary N) is 2. The molecule has 0 bridgehead atoms. The second-order valence-electron chi connectivity index (χ2n) is 4.59. The van der Waals surface area contributed by atoms with Crippen LogP contribution in [0.25, 0.3) is 0 Å². The quantitative estimate of drug-likeness (QED) is 0.831. The van der Waals surface area contributed by atoms with Crippen LogP contribution in [0.15, 0.2) is 12.7 Å². The van der Waals surface area contributed by atoms with Crippen molar-refractivity contribution in [3.8, 4) is 0 Å². The number of fused-ring (bicyclic) bond motifs is 1. The maximum absolute atomic E-state index is 12.1. The minimum absolute atomic E-state index is 0.135. The van der Waals surface area contributed by atoms with Crippen LogP contribution < -0.4 is 10.6 Å². The number of aryl methyl sites for hydroxylation is 1. The van der Waals surface area contributed by atoms with Crippen molar-refractivity contribution in [1.82, 2.24) is 5.32 Å². The summed E-state index contributed by atoms with van der Waals surface area (Å²) >= 11 is 1.50. The Labute approximate surface area is 116 Å². The van der Waals surface area contributed by atoms with E-state index >= 15 is 0 Å². The average molecular weight is 278 g/mol. The van der Waals surface area contributed by atoms with Crippen LogP contribution in [0.3, 0.4) is 0 Å². The largest absolute Gasteiger partial charge is 0.348 e. The standard InChI is InChI=1S/C14H18N2O2S/c1-3-8-15-14(18)13-12(16-9(2)17)10-6-4-5-7-11(10)19-13/h3H,1,4-8H2,2H3,(H,15,18)(H,16,17). The lowest BCUT2D eigenvalue weighted by atomic mass is 9.97. The highest BCUT2D eigenvalue weighted by molar-refractivity contribution is 7.15. The highest BCUT2D eigenvalue weighted by atomic mass is 32.1. The van der Waals surface area contributed by atoms with Crippen LogP contribution in [-0.4, -0.2) is 18.4 Å². The molecule has 1 aromatic heterocycles. The minimum atomic E-state index is -0.136. The monoisotopic (exact) mass is 278 g/mol. The van der Waals surface area contributed by atoms with Crippen molar-refractivity contribution in [1.29, 1.82) is 0 Å². The van der Waals surface area contributed by atoms with E-state index in [9.17, 15) is 9.59 Å². The summed E-state index contributed by atoms with van der Waals surface area (Å²) in [6, 6.07) is 0. The zero-order valence-corrected chi connectivity index (χ0v) is 11.9. The van der Waals surface area contributed by atoms with Gasteiger partial charge in [-0.05, 0) is 31.2 Å². The molecule has 0 fully saturated rings.